The van der Waals surface area contributed by atoms with Crippen molar-refractivity contribution < 1.29 is 4.79 Å². The molecule has 0 spiro atoms. The number of nitrogen functional groups attached to an aromatic ring is 1. The molecular formula is C21H25N5OS2. The SMILES string of the molecule is Cc1nc2sc(C(=O)N[C@H]3CCc4nc(N5CCCCC5)ccc4C3)c(N)c2s1. The fourth-order valence-corrected chi connectivity index (χ4v) is 6.44. The van der Waals surface area contributed by atoms with Gasteiger partial charge in [-0.15, -0.1) is 22.7 Å². The Hall–Kier alpha value is -2.19. The van der Waals surface area contributed by atoms with Gasteiger partial charge in [0.1, 0.15) is 15.5 Å². The van der Waals surface area contributed by atoms with E-state index < -0.39 is 0 Å². The number of amides is 1. The van der Waals surface area contributed by atoms with E-state index in [1.165, 1.54) is 41.9 Å². The quantitative estimate of drug-likeness (QED) is 0.662. The molecule has 0 saturated carbocycles. The van der Waals surface area contributed by atoms with Crippen molar-refractivity contribution in [3.05, 3.63) is 33.3 Å². The van der Waals surface area contributed by atoms with Crippen molar-refractivity contribution >= 4 is 49.6 Å². The molecule has 0 bridgehead atoms. The van der Waals surface area contributed by atoms with Crippen molar-refractivity contribution in [1.82, 2.24) is 15.3 Å². The molecule has 1 fully saturated rings. The largest absolute Gasteiger partial charge is 0.396 e. The van der Waals surface area contributed by atoms with Crippen LogP contribution in [0.2, 0.25) is 0 Å². The van der Waals surface area contributed by atoms with Crippen LogP contribution in [0.3, 0.4) is 0 Å². The van der Waals surface area contributed by atoms with Crippen molar-refractivity contribution in [3.63, 3.8) is 0 Å². The van der Waals surface area contributed by atoms with E-state index in [1.54, 1.807) is 11.3 Å². The van der Waals surface area contributed by atoms with Gasteiger partial charge in [-0.25, -0.2) is 9.97 Å². The number of aryl methyl sites for hydroxylation is 2. The highest BCUT2D eigenvalue weighted by Gasteiger charge is 2.25. The summed E-state index contributed by atoms with van der Waals surface area (Å²) >= 11 is 2.94. The Bertz CT molecular complexity index is 1070. The molecule has 8 heteroatoms. The van der Waals surface area contributed by atoms with Crippen LogP contribution in [0.15, 0.2) is 12.1 Å². The van der Waals surface area contributed by atoms with Crippen molar-refractivity contribution in [2.75, 3.05) is 23.7 Å². The first-order valence-electron chi connectivity index (χ1n) is 10.3. The number of aromatic nitrogens is 2. The second-order valence-corrected chi connectivity index (χ2v) is 10.2. The second-order valence-electron chi connectivity index (χ2n) is 7.95. The highest BCUT2D eigenvalue weighted by molar-refractivity contribution is 7.29. The first-order chi connectivity index (χ1) is 14.1. The second kappa shape index (κ2) is 7.57. The minimum absolute atomic E-state index is 0.0818. The number of nitrogens with one attached hydrogen (secondary N) is 1. The van der Waals surface area contributed by atoms with E-state index in [4.69, 9.17) is 10.7 Å². The van der Waals surface area contributed by atoms with E-state index >= 15 is 0 Å². The highest BCUT2D eigenvalue weighted by atomic mass is 32.1. The number of rotatable bonds is 3. The van der Waals surface area contributed by atoms with Crippen LogP contribution < -0.4 is 16.0 Å². The molecule has 2 aliphatic rings. The number of fused-ring (bicyclic) bond motifs is 2. The van der Waals surface area contributed by atoms with Gasteiger partial charge in [-0.1, -0.05) is 6.07 Å². The summed E-state index contributed by atoms with van der Waals surface area (Å²) in [6, 6.07) is 4.47. The predicted octanol–water partition coefficient (Wildman–Crippen LogP) is 3.92. The van der Waals surface area contributed by atoms with Crippen LogP contribution in [0.5, 0.6) is 0 Å². The molecule has 0 aromatic carbocycles. The predicted molar refractivity (Wildman–Crippen MR) is 120 cm³/mol. The van der Waals surface area contributed by atoms with Crippen LogP contribution in [0, 0.1) is 6.92 Å². The third-order valence-corrected chi connectivity index (χ3v) is 8.09. The standard InChI is InChI=1S/C21H25N5OS2/c1-12-23-21-19(28-12)17(22)18(29-21)20(27)24-14-6-7-15-13(11-14)5-8-16(25-15)26-9-3-2-4-10-26/h5,8,14H,2-4,6-7,9-11,22H2,1H3,(H,24,27)/t14-/m0/s1. The smallest absolute Gasteiger partial charge is 0.263 e. The number of hydrogen-bond acceptors (Lipinski definition) is 7. The maximum absolute atomic E-state index is 12.8. The molecule has 0 unspecified atom stereocenters. The first-order valence-corrected chi connectivity index (χ1v) is 11.9. The summed E-state index contributed by atoms with van der Waals surface area (Å²) in [5, 5.41) is 4.17. The van der Waals surface area contributed by atoms with Gasteiger partial charge in [0, 0.05) is 24.8 Å². The molecule has 29 heavy (non-hydrogen) atoms. The number of hydrogen-bond donors (Lipinski definition) is 2. The summed E-state index contributed by atoms with van der Waals surface area (Å²) in [7, 11) is 0. The number of anilines is 2. The zero-order valence-corrected chi connectivity index (χ0v) is 18.2. The number of thiophene rings is 1. The molecule has 152 valence electrons. The Labute approximate surface area is 178 Å². The number of thiazole rings is 1. The van der Waals surface area contributed by atoms with Gasteiger partial charge in [-0.2, -0.15) is 0 Å². The van der Waals surface area contributed by atoms with E-state index in [2.05, 4.69) is 27.3 Å². The van der Waals surface area contributed by atoms with Gasteiger partial charge in [0.25, 0.3) is 5.91 Å². The Kier molecular flexibility index (Phi) is 4.91. The monoisotopic (exact) mass is 427 g/mol. The van der Waals surface area contributed by atoms with Gasteiger partial charge in [0.2, 0.25) is 0 Å². The Morgan fingerprint density at radius 2 is 2.03 bits per heavy atom. The maximum atomic E-state index is 12.8. The molecule has 1 saturated heterocycles. The van der Waals surface area contributed by atoms with Gasteiger partial charge in [0.05, 0.1) is 15.4 Å². The van der Waals surface area contributed by atoms with Crippen molar-refractivity contribution in [1.29, 1.82) is 0 Å². The molecule has 1 atom stereocenters. The minimum Gasteiger partial charge on any atom is -0.396 e. The van der Waals surface area contributed by atoms with Gasteiger partial charge in [-0.3, -0.25) is 4.79 Å². The number of piperidine rings is 1. The normalized spacial score (nSPS) is 19.3. The van der Waals surface area contributed by atoms with Crippen LogP contribution in [0.25, 0.3) is 9.53 Å². The molecule has 5 rings (SSSR count). The van der Waals surface area contributed by atoms with Crippen molar-refractivity contribution in [3.8, 4) is 0 Å². The van der Waals surface area contributed by atoms with E-state index in [0.29, 0.717) is 10.6 Å². The summed E-state index contributed by atoms with van der Waals surface area (Å²) in [6.45, 7) is 4.18. The lowest BCUT2D eigenvalue weighted by Gasteiger charge is -2.30. The fourth-order valence-electron chi connectivity index (χ4n) is 4.34. The molecule has 3 aromatic heterocycles. The average Bonchev–Trinajstić information content (AvgIpc) is 3.25. The summed E-state index contributed by atoms with van der Waals surface area (Å²) in [5.74, 6) is 1.03. The minimum atomic E-state index is -0.0818. The van der Waals surface area contributed by atoms with Gasteiger partial charge in [-0.05, 0) is 57.1 Å². The molecule has 1 amide bonds. The lowest BCUT2D eigenvalue weighted by Crippen LogP contribution is -2.39. The number of nitrogens with zero attached hydrogens (tertiary/aromatic N) is 3. The van der Waals surface area contributed by atoms with E-state index in [0.717, 1.165) is 52.7 Å². The highest BCUT2D eigenvalue weighted by Crippen LogP contribution is 2.37. The van der Waals surface area contributed by atoms with Crippen molar-refractivity contribution in [2.45, 2.75) is 51.5 Å². The van der Waals surface area contributed by atoms with Gasteiger partial charge in [0.15, 0.2) is 0 Å². The molecule has 1 aliphatic carbocycles. The first kappa shape index (κ1) is 18.8. The Morgan fingerprint density at radius 3 is 2.83 bits per heavy atom. The molecule has 3 N–H and O–H groups in total. The summed E-state index contributed by atoms with van der Waals surface area (Å²) in [6.07, 6.45) is 6.47. The van der Waals surface area contributed by atoms with E-state index in [-0.39, 0.29) is 11.9 Å². The molecular weight excluding hydrogens is 402 g/mol. The zero-order valence-electron chi connectivity index (χ0n) is 16.5. The molecule has 0 radical (unpaired) electrons. The Morgan fingerprint density at radius 1 is 1.21 bits per heavy atom. The third-order valence-electron chi connectivity index (χ3n) is 5.86. The summed E-state index contributed by atoms with van der Waals surface area (Å²) < 4.78 is 0.932. The number of nitrogens with two attached hydrogens (primary N) is 1. The van der Waals surface area contributed by atoms with Gasteiger partial charge >= 0.3 is 0 Å². The van der Waals surface area contributed by atoms with Crippen LogP contribution in [-0.4, -0.2) is 35.0 Å². The lowest BCUT2D eigenvalue weighted by molar-refractivity contribution is 0.0938. The van der Waals surface area contributed by atoms with E-state index in [1.807, 2.05) is 6.92 Å². The maximum Gasteiger partial charge on any atom is 0.263 e. The van der Waals surface area contributed by atoms with Crippen LogP contribution in [0.4, 0.5) is 11.5 Å². The summed E-state index contributed by atoms with van der Waals surface area (Å²) in [5.41, 5.74) is 9.23. The molecule has 1 aliphatic heterocycles. The van der Waals surface area contributed by atoms with Gasteiger partial charge < -0.3 is 16.0 Å². The molecule has 6 nitrogen and oxygen atoms in total. The van der Waals surface area contributed by atoms with E-state index in [9.17, 15) is 4.79 Å². The molecule has 3 aromatic rings. The van der Waals surface area contributed by atoms with Crippen LogP contribution >= 0.6 is 22.7 Å². The fraction of sp³-hybridized carbons (Fsp3) is 0.476. The molecule has 4 heterocycles. The van der Waals surface area contributed by atoms with Crippen LogP contribution in [-0.2, 0) is 12.8 Å². The third kappa shape index (κ3) is 3.59. The number of pyridine rings is 1. The lowest BCUT2D eigenvalue weighted by atomic mass is 9.91. The number of carbonyl (C=O) groups excluding carboxylic acids is 1. The number of carbonyl (C=O) groups is 1. The van der Waals surface area contributed by atoms with Crippen molar-refractivity contribution in [2.24, 2.45) is 0 Å². The Balaban J connectivity index is 1.28. The topological polar surface area (TPSA) is 84.1 Å². The zero-order chi connectivity index (χ0) is 20.0. The average molecular weight is 428 g/mol. The summed E-state index contributed by atoms with van der Waals surface area (Å²) in [4.78, 5) is 26.1. The van der Waals surface area contributed by atoms with Crippen LogP contribution in [0.1, 0.15) is 51.6 Å².